The fraction of sp³-hybridized carbons (Fsp3) is 0.478. The van der Waals surface area contributed by atoms with Crippen molar-refractivity contribution in [3.63, 3.8) is 0 Å². The lowest BCUT2D eigenvalue weighted by Crippen LogP contribution is -2.25. The summed E-state index contributed by atoms with van der Waals surface area (Å²) in [4.78, 5) is 12.2. The van der Waals surface area contributed by atoms with E-state index in [-0.39, 0.29) is 5.91 Å². The van der Waals surface area contributed by atoms with Gasteiger partial charge >= 0.3 is 0 Å². The molecule has 3 N–H and O–H groups in total. The van der Waals surface area contributed by atoms with Crippen LogP contribution in [0.1, 0.15) is 23.2 Å². The zero-order valence-corrected chi connectivity index (χ0v) is 17.8. The van der Waals surface area contributed by atoms with Gasteiger partial charge in [0.25, 0.3) is 5.91 Å². The second kappa shape index (κ2) is 14.6. The Morgan fingerprint density at radius 1 is 0.833 bits per heavy atom. The highest BCUT2D eigenvalue weighted by atomic mass is 16.5. The number of aromatic nitrogens is 1. The number of pyridine rings is 1. The quantitative estimate of drug-likeness (QED) is 0.341. The largest absolute Gasteiger partial charge is 0.379 e. The van der Waals surface area contributed by atoms with Crippen molar-refractivity contribution in [3.05, 3.63) is 54.4 Å². The van der Waals surface area contributed by atoms with Gasteiger partial charge in [0, 0.05) is 37.5 Å². The van der Waals surface area contributed by atoms with Crippen molar-refractivity contribution >= 4 is 5.91 Å². The monoisotopic (exact) mass is 416 g/mol. The molecule has 0 aliphatic rings. The highest BCUT2D eigenvalue weighted by molar-refractivity contribution is 5.94. The summed E-state index contributed by atoms with van der Waals surface area (Å²) in [5.74, 6) is -0.0704. The topological polar surface area (TPSA) is 86.7 Å². The van der Waals surface area contributed by atoms with Crippen molar-refractivity contribution in [2.24, 2.45) is 12.8 Å². The fourth-order valence-corrected chi connectivity index (χ4v) is 2.71. The minimum atomic E-state index is -0.0704. The van der Waals surface area contributed by atoms with E-state index >= 15 is 0 Å². The minimum absolute atomic E-state index is 0.0704. The van der Waals surface area contributed by atoms with E-state index in [0.717, 1.165) is 24.0 Å². The van der Waals surface area contributed by atoms with Crippen molar-refractivity contribution in [1.82, 2.24) is 5.32 Å². The van der Waals surface area contributed by atoms with Crippen molar-refractivity contribution in [2.75, 3.05) is 52.7 Å². The standard InChI is InChI=1S/C23H33N3O4/c1-26-12-8-21(9-13-26)20-4-6-22(7-5-20)23(27)25-11-3-15-29-17-19-30-18-16-28-14-2-10-24/h4-9,12-13H,2-3,10-11,14-19,24H2,1H3/p+1. The summed E-state index contributed by atoms with van der Waals surface area (Å²) in [5.41, 5.74) is 8.25. The lowest BCUT2D eigenvalue weighted by Gasteiger charge is -2.08. The average Bonchev–Trinajstić information content (AvgIpc) is 2.77. The highest BCUT2D eigenvalue weighted by Crippen LogP contribution is 2.18. The Labute approximate surface area is 179 Å². The Kier molecular flexibility index (Phi) is 11.7. The lowest BCUT2D eigenvalue weighted by molar-refractivity contribution is -0.671. The number of benzene rings is 1. The maximum Gasteiger partial charge on any atom is 0.251 e. The molecule has 2 rings (SSSR count). The van der Waals surface area contributed by atoms with E-state index in [1.165, 1.54) is 0 Å². The molecule has 7 heteroatoms. The molecule has 0 aliphatic heterocycles. The van der Waals surface area contributed by atoms with Gasteiger partial charge in [-0.3, -0.25) is 4.79 Å². The van der Waals surface area contributed by atoms with Crippen LogP contribution in [0.4, 0.5) is 0 Å². The van der Waals surface area contributed by atoms with Crippen LogP contribution in [0, 0.1) is 0 Å². The molecule has 1 amide bonds. The first-order valence-corrected chi connectivity index (χ1v) is 10.5. The second-order valence-corrected chi connectivity index (χ2v) is 6.92. The molecule has 0 aliphatic carbocycles. The molecular formula is C23H34N3O4+. The summed E-state index contributed by atoms with van der Waals surface area (Å²) in [6.07, 6.45) is 5.64. The third kappa shape index (κ3) is 9.45. The third-order valence-electron chi connectivity index (χ3n) is 4.45. The smallest absolute Gasteiger partial charge is 0.251 e. The maximum absolute atomic E-state index is 12.2. The number of carbonyl (C=O) groups is 1. The molecule has 30 heavy (non-hydrogen) atoms. The summed E-state index contributed by atoms with van der Waals surface area (Å²) < 4.78 is 18.2. The number of nitrogens with zero attached hydrogens (tertiary/aromatic N) is 1. The van der Waals surface area contributed by atoms with Gasteiger partial charge in [0.1, 0.15) is 7.05 Å². The molecule has 0 bridgehead atoms. The number of ether oxygens (including phenoxy) is 3. The molecule has 0 spiro atoms. The van der Waals surface area contributed by atoms with E-state index in [9.17, 15) is 4.79 Å². The molecule has 1 heterocycles. The van der Waals surface area contributed by atoms with Crippen LogP contribution in [0.5, 0.6) is 0 Å². The maximum atomic E-state index is 12.2. The van der Waals surface area contributed by atoms with Crippen molar-refractivity contribution in [3.8, 4) is 11.1 Å². The Balaban J connectivity index is 1.51. The number of rotatable bonds is 15. The number of nitrogens with one attached hydrogen (secondary N) is 1. The van der Waals surface area contributed by atoms with Crippen LogP contribution in [-0.4, -0.2) is 58.6 Å². The van der Waals surface area contributed by atoms with Gasteiger partial charge < -0.3 is 25.3 Å². The van der Waals surface area contributed by atoms with Gasteiger partial charge in [-0.25, -0.2) is 4.57 Å². The molecule has 0 atom stereocenters. The lowest BCUT2D eigenvalue weighted by atomic mass is 10.0. The second-order valence-electron chi connectivity index (χ2n) is 6.92. The van der Waals surface area contributed by atoms with Gasteiger partial charge in [-0.1, -0.05) is 12.1 Å². The predicted octanol–water partition coefficient (Wildman–Crippen LogP) is 1.70. The van der Waals surface area contributed by atoms with Crippen LogP contribution in [0.15, 0.2) is 48.8 Å². The van der Waals surface area contributed by atoms with E-state index in [4.69, 9.17) is 19.9 Å². The van der Waals surface area contributed by atoms with Gasteiger partial charge in [0.2, 0.25) is 0 Å². The Hall–Kier alpha value is -2.32. The van der Waals surface area contributed by atoms with Crippen LogP contribution < -0.4 is 15.6 Å². The van der Waals surface area contributed by atoms with Crippen molar-refractivity contribution in [1.29, 1.82) is 0 Å². The van der Waals surface area contributed by atoms with Crippen LogP contribution in [-0.2, 0) is 21.3 Å². The molecule has 0 fully saturated rings. The first-order valence-electron chi connectivity index (χ1n) is 10.5. The molecule has 0 unspecified atom stereocenters. The summed E-state index contributed by atoms with van der Waals surface area (Å²) >= 11 is 0. The Bertz CT molecular complexity index is 720. The predicted molar refractivity (Wildman–Crippen MR) is 116 cm³/mol. The molecule has 164 valence electrons. The van der Waals surface area contributed by atoms with Crippen molar-refractivity contribution < 1.29 is 23.6 Å². The number of hydrogen-bond acceptors (Lipinski definition) is 5. The van der Waals surface area contributed by atoms with E-state index in [2.05, 4.69) is 17.4 Å². The summed E-state index contributed by atoms with van der Waals surface area (Å²) in [5, 5.41) is 2.92. The molecule has 0 radical (unpaired) electrons. The zero-order chi connectivity index (χ0) is 21.4. The third-order valence-corrected chi connectivity index (χ3v) is 4.45. The van der Waals surface area contributed by atoms with E-state index in [0.29, 0.717) is 58.3 Å². The Morgan fingerprint density at radius 3 is 1.97 bits per heavy atom. The van der Waals surface area contributed by atoms with Crippen LogP contribution in [0.25, 0.3) is 11.1 Å². The first kappa shape index (κ1) is 24.0. The Morgan fingerprint density at radius 2 is 1.37 bits per heavy atom. The van der Waals surface area contributed by atoms with Gasteiger partial charge in [-0.15, -0.1) is 0 Å². The number of aryl methyl sites for hydroxylation is 1. The highest BCUT2D eigenvalue weighted by Gasteiger charge is 2.06. The zero-order valence-electron chi connectivity index (χ0n) is 17.8. The van der Waals surface area contributed by atoms with Gasteiger partial charge in [-0.05, 0) is 42.6 Å². The number of nitrogens with two attached hydrogens (primary N) is 1. The van der Waals surface area contributed by atoms with E-state index in [1.54, 1.807) is 0 Å². The summed E-state index contributed by atoms with van der Waals surface area (Å²) in [6.45, 7) is 4.71. The number of carbonyl (C=O) groups excluding carboxylic acids is 1. The fourth-order valence-electron chi connectivity index (χ4n) is 2.71. The van der Waals surface area contributed by atoms with E-state index < -0.39 is 0 Å². The number of amides is 1. The van der Waals surface area contributed by atoms with Crippen molar-refractivity contribution in [2.45, 2.75) is 12.8 Å². The van der Waals surface area contributed by atoms with Gasteiger partial charge in [0.05, 0.1) is 26.4 Å². The SMILES string of the molecule is C[n+]1ccc(-c2ccc(C(=O)NCCCOCCOCCOCCCN)cc2)cc1. The van der Waals surface area contributed by atoms with Crippen LogP contribution >= 0.6 is 0 Å². The minimum Gasteiger partial charge on any atom is -0.379 e. The molecule has 7 nitrogen and oxygen atoms in total. The molecule has 1 aromatic heterocycles. The summed E-state index contributed by atoms with van der Waals surface area (Å²) in [6, 6.07) is 11.7. The molecular weight excluding hydrogens is 382 g/mol. The van der Waals surface area contributed by atoms with E-state index in [1.807, 2.05) is 48.3 Å². The average molecular weight is 417 g/mol. The van der Waals surface area contributed by atoms with Crippen LogP contribution in [0.2, 0.25) is 0 Å². The number of hydrogen-bond donors (Lipinski definition) is 2. The molecule has 0 saturated heterocycles. The first-order chi connectivity index (χ1) is 14.7. The molecule has 1 aromatic carbocycles. The molecule has 0 saturated carbocycles. The normalized spacial score (nSPS) is 10.9. The van der Waals surface area contributed by atoms with Crippen LogP contribution in [0.3, 0.4) is 0 Å². The summed E-state index contributed by atoms with van der Waals surface area (Å²) in [7, 11) is 1.98. The van der Waals surface area contributed by atoms with Gasteiger partial charge in [-0.2, -0.15) is 0 Å². The van der Waals surface area contributed by atoms with Gasteiger partial charge in [0.15, 0.2) is 12.4 Å². The molecule has 2 aromatic rings.